The number of aromatic nitrogens is 2. The molecule has 5 heterocycles. The fourth-order valence-corrected chi connectivity index (χ4v) is 7.02. The number of fused-ring (bicyclic) bond motifs is 6. The van der Waals surface area contributed by atoms with Gasteiger partial charge in [-0.3, -0.25) is 4.90 Å². The third-order valence-electron chi connectivity index (χ3n) is 9.23. The van der Waals surface area contributed by atoms with Crippen LogP contribution in [0.2, 0.25) is 0 Å². The molecule has 0 saturated carbocycles. The van der Waals surface area contributed by atoms with Gasteiger partial charge in [0, 0.05) is 32.7 Å². The Kier molecular flexibility index (Phi) is 7.27. The Balaban J connectivity index is 1.15. The molecule has 0 spiro atoms. The molecule has 0 bridgehead atoms. The van der Waals surface area contributed by atoms with E-state index in [2.05, 4.69) is 62.1 Å². The topological polar surface area (TPSA) is 48.0 Å². The predicted octanol–water partition coefficient (Wildman–Crippen LogP) is 4.90. The monoisotopic (exact) mass is 526 g/mol. The number of anilines is 2. The van der Waals surface area contributed by atoms with E-state index in [1.54, 1.807) is 0 Å². The average Bonchev–Trinajstić information content (AvgIpc) is 3.00. The lowest BCUT2D eigenvalue weighted by molar-refractivity contribution is 0.183. The maximum absolute atomic E-state index is 6.33. The van der Waals surface area contributed by atoms with Crippen LogP contribution in [0.4, 0.5) is 11.6 Å². The SMILES string of the molecule is c1ccc2nc3c(nc2c1)N(CCN1CCCCC1)CC1c2cc(OCCN4CCCCC4)ccc2CCN31. The molecule has 0 aliphatic carbocycles. The highest BCUT2D eigenvalue weighted by atomic mass is 16.5. The Hall–Kier alpha value is -2.90. The van der Waals surface area contributed by atoms with Crippen molar-refractivity contribution in [3.05, 3.63) is 53.6 Å². The Morgan fingerprint density at radius 2 is 1.41 bits per heavy atom. The van der Waals surface area contributed by atoms with Gasteiger partial charge in [-0.15, -0.1) is 0 Å². The first-order valence-corrected chi connectivity index (χ1v) is 15.3. The molecule has 4 aliphatic rings. The van der Waals surface area contributed by atoms with Crippen molar-refractivity contribution < 1.29 is 4.74 Å². The van der Waals surface area contributed by atoms with Crippen LogP contribution >= 0.6 is 0 Å². The van der Waals surface area contributed by atoms with E-state index in [1.165, 1.54) is 75.8 Å². The van der Waals surface area contributed by atoms with E-state index < -0.39 is 0 Å². The van der Waals surface area contributed by atoms with Gasteiger partial charge in [-0.1, -0.05) is 31.0 Å². The molecule has 7 nitrogen and oxygen atoms in total. The van der Waals surface area contributed by atoms with E-state index in [-0.39, 0.29) is 6.04 Å². The molecule has 0 radical (unpaired) electrons. The van der Waals surface area contributed by atoms with Crippen LogP contribution in [-0.4, -0.2) is 85.3 Å². The summed E-state index contributed by atoms with van der Waals surface area (Å²) in [5, 5.41) is 0. The molecule has 206 valence electrons. The molecular weight excluding hydrogens is 484 g/mol. The second-order valence-electron chi connectivity index (χ2n) is 11.8. The van der Waals surface area contributed by atoms with Gasteiger partial charge in [0.05, 0.1) is 17.1 Å². The predicted molar refractivity (Wildman–Crippen MR) is 158 cm³/mol. The van der Waals surface area contributed by atoms with Crippen molar-refractivity contribution >= 4 is 22.7 Å². The first-order chi connectivity index (χ1) is 19.3. The number of rotatable bonds is 7. The molecule has 1 aromatic heterocycles. The van der Waals surface area contributed by atoms with Crippen LogP contribution in [0.25, 0.3) is 11.0 Å². The summed E-state index contributed by atoms with van der Waals surface area (Å²) in [6, 6.07) is 15.4. The Labute approximate surface area is 232 Å². The van der Waals surface area contributed by atoms with Gasteiger partial charge in [0.25, 0.3) is 0 Å². The highest BCUT2D eigenvalue weighted by Gasteiger charge is 2.38. The fraction of sp³-hybridized carbons (Fsp3) is 0.562. The molecule has 1 atom stereocenters. The van der Waals surface area contributed by atoms with Crippen molar-refractivity contribution in [1.82, 2.24) is 19.8 Å². The summed E-state index contributed by atoms with van der Waals surface area (Å²) < 4.78 is 6.33. The third-order valence-corrected chi connectivity index (χ3v) is 9.23. The number of piperidine rings is 2. The highest BCUT2D eigenvalue weighted by molar-refractivity contribution is 5.82. The van der Waals surface area contributed by atoms with Crippen molar-refractivity contribution in [2.24, 2.45) is 0 Å². The summed E-state index contributed by atoms with van der Waals surface area (Å²) >= 11 is 0. The molecule has 1 unspecified atom stereocenters. The highest BCUT2D eigenvalue weighted by Crippen LogP contribution is 2.43. The van der Waals surface area contributed by atoms with E-state index >= 15 is 0 Å². The number of nitrogens with zero attached hydrogens (tertiary/aromatic N) is 6. The van der Waals surface area contributed by atoms with E-state index in [0.29, 0.717) is 0 Å². The second kappa shape index (κ2) is 11.3. The fourth-order valence-electron chi connectivity index (χ4n) is 7.02. The van der Waals surface area contributed by atoms with E-state index in [0.717, 1.165) is 74.2 Å². The normalized spacial score (nSPS) is 21.9. The molecule has 2 saturated heterocycles. The first-order valence-electron chi connectivity index (χ1n) is 15.3. The van der Waals surface area contributed by atoms with Crippen molar-refractivity contribution in [2.45, 2.75) is 51.0 Å². The minimum Gasteiger partial charge on any atom is -0.492 e. The number of benzene rings is 2. The van der Waals surface area contributed by atoms with E-state index in [9.17, 15) is 0 Å². The van der Waals surface area contributed by atoms with Crippen LogP contribution < -0.4 is 14.5 Å². The van der Waals surface area contributed by atoms with Crippen LogP contribution in [0.15, 0.2) is 42.5 Å². The molecule has 7 heteroatoms. The number of hydrogen-bond acceptors (Lipinski definition) is 7. The zero-order valence-corrected chi connectivity index (χ0v) is 23.2. The van der Waals surface area contributed by atoms with Gasteiger partial charge in [-0.05, 0) is 93.7 Å². The summed E-state index contributed by atoms with van der Waals surface area (Å²) in [4.78, 5) is 20.6. The average molecular weight is 527 g/mol. The van der Waals surface area contributed by atoms with Gasteiger partial charge < -0.3 is 19.4 Å². The first kappa shape index (κ1) is 25.1. The second-order valence-corrected chi connectivity index (χ2v) is 11.8. The van der Waals surface area contributed by atoms with Crippen LogP contribution in [-0.2, 0) is 6.42 Å². The van der Waals surface area contributed by atoms with Gasteiger partial charge in [0.15, 0.2) is 11.6 Å². The molecule has 0 amide bonds. The summed E-state index contributed by atoms with van der Waals surface area (Å²) in [7, 11) is 0. The lowest BCUT2D eigenvalue weighted by atomic mass is 9.90. The van der Waals surface area contributed by atoms with Gasteiger partial charge in [-0.25, -0.2) is 9.97 Å². The third kappa shape index (κ3) is 5.31. The lowest BCUT2D eigenvalue weighted by Crippen LogP contribution is -2.49. The number of likely N-dealkylation sites (tertiary alicyclic amines) is 2. The van der Waals surface area contributed by atoms with E-state index in [4.69, 9.17) is 14.7 Å². The van der Waals surface area contributed by atoms with Crippen molar-refractivity contribution in [3.8, 4) is 5.75 Å². The Morgan fingerprint density at radius 1 is 0.718 bits per heavy atom. The zero-order chi connectivity index (χ0) is 26.0. The summed E-state index contributed by atoms with van der Waals surface area (Å²) in [6.45, 7) is 10.7. The minimum atomic E-state index is 0.267. The van der Waals surface area contributed by atoms with Gasteiger partial charge in [-0.2, -0.15) is 0 Å². The standard InChI is InChI=1S/C32H42N6O/c1-5-14-35(15-6-1)19-20-37-24-30-27-23-26(39-22-21-36-16-7-2-8-17-36)12-11-25(27)13-18-38(30)32-31(37)33-28-9-3-4-10-29(28)34-32/h3-4,9-12,23,30H,1-2,5-8,13-22,24H2. The molecule has 7 rings (SSSR count). The lowest BCUT2D eigenvalue weighted by Gasteiger charge is -2.46. The molecule has 39 heavy (non-hydrogen) atoms. The molecule has 2 fully saturated rings. The van der Waals surface area contributed by atoms with E-state index in [1.807, 2.05) is 0 Å². The maximum atomic E-state index is 6.33. The zero-order valence-electron chi connectivity index (χ0n) is 23.2. The van der Waals surface area contributed by atoms with Crippen molar-refractivity contribution in [3.63, 3.8) is 0 Å². The number of hydrogen-bond donors (Lipinski definition) is 0. The quantitative estimate of drug-likeness (QED) is 0.434. The van der Waals surface area contributed by atoms with Crippen LogP contribution in [0.5, 0.6) is 5.75 Å². The maximum Gasteiger partial charge on any atom is 0.173 e. The summed E-state index contributed by atoms with van der Waals surface area (Å²) in [5.74, 6) is 3.10. The van der Waals surface area contributed by atoms with Gasteiger partial charge >= 0.3 is 0 Å². The summed E-state index contributed by atoms with van der Waals surface area (Å²) in [6.07, 6.45) is 9.07. The smallest absolute Gasteiger partial charge is 0.173 e. The van der Waals surface area contributed by atoms with Crippen molar-refractivity contribution in [2.75, 3.05) is 75.3 Å². The van der Waals surface area contributed by atoms with Gasteiger partial charge in [0.2, 0.25) is 0 Å². The van der Waals surface area contributed by atoms with Gasteiger partial charge in [0.1, 0.15) is 12.4 Å². The molecule has 0 N–H and O–H groups in total. The minimum absolute atomic E-state index is 0.267. The van der Waals surface area contributed by atoms with Crippen LogP contribution in [0, 0.1) is 0 Å². The van der Waals surface area contributed by atoms with Crippen molar-refractivity contribution in [1.29, 1.82) is 0 Å². The molecule has 3 aromatic rings. The summed E-state index contributed by atoms with van der Waals surface area (Å²) in [5.41, 5.74) is 4.82. The molecular formula is C32H42N6O. The van der Waals surface area contributed by atoms with Crippen LogP contribution in [0.3, 0.4) is 0 Å². The number of ether oxygens (including phenoxy) is 1. The van der Waals surface area contributed by atoms with Crippen LogP contribution in [0.1, 0.15) is 55.7 Å². The Morgan fingerprint density at radius 3 is 2.15 bits per heavy atom. The largest absolute Gasteiger partial charge is 0.492 e. The molecule has 2 aromatic carbocycles. The number of para-hydroxylation sites is 2. The molecule has 4 aliphatic heterocycles. The Bertz CT molecular complexity index is 1280.